The first-order valence-corrected chi connectivity index (χ1v) is 7.52. The van der Waals surface area contributed by atoms with E-state index in [0.717, 1.165) is 22.8 Å². The van der Waals surface area contributed by atoms with Crippen LogP contribution in [0.25, 0.3) is 0 Å². The first-order valence-electron chi connectivity index (χ1n) is 6.64. The molecule has 1 aromatic carbocycles. The minimum atomic E-state index is -4.43. The molecule has 116 valence electrons. The number of nitrogens with one attached hydrogen (secondary N) is 1. The first kappa shape index (κ1) is 15.0. The van der Waals surface area contributed by atoms with Crippen LogP contribution < -0.4 is 5.32 Å². The summed E-state index contributed by atoms with van der Waals surface area (Å²) in [6.07, 6.45) is -4.06. The lowest BCUT2D eigenvalue weighted by Gasteiger charge is -2.21. The number of halogens is 3. The maximum absolute atomic E-state index is 12.8. The number of alkyl halides is 3. The second-order valence-corrected chi connectivity index (χ2v) is 6.64. The SMILES string of the molecule is Cc1nc(CC2(C)C(=O)Nc3cc(C(F)(F)F)ccc32)cs1. The highest BCUT2D eigenvalue weighted by molar-refractivity contribution is 7.09. The standard InChI is InChI=1S/C15H13F3N2OS/c1-8-19-10(7-22-8)6-14(2)11-4-3-9(15(16,17)18)5-12(11)20-13(14)21/h3-5,7H,6H2,1-2H3,(H,20,21). The van der Waals surface area contributed by atoms with Gasteiger partial charge in [0.25, 0.3) is 0 Å². The van der Waals surface area contributed by atoms with Crippen LogP contribution in [0.4, 0.5) is 18.9 Å². The maximum Gasteiger partial charge on any atom is 0.416 e. The smallest absolute Gasteiger partial charge is 0.325 e. The van der Waals surface area contributed by atoms with E-state index in [0.29, 0.717) is 12.0 Å². The van der Waals surface area contributed by atoms with Crippen molar-refractivity contribution in [1.82, 2.24) is 4.98 Å². The number of hydrogen-bond acceptors (Lipinski definition) is 3. The Morgan fingerprint density at radius 2 is 2.09 bits per heavy atom. The molecule has 1 aliphatic heterocycles. The summed E-state index contributed by atoms with van der Waals surface area (Å²) in [6, 6.07) is 3.39. The van der Waals surface area contributed by atoms with Gasteiger partial charge in [-0.2, -0.15) is 13.2 Å². The zero-order valence-electron chi connectivity index (χ0n) is 11.9. The highest BCUT2D eigenvalue weighted by Gasteiger charge is 2.44. The molecule has 1 unspecified atom stereocenters. The van der Waals surface area contributed by atoms with Gasteiger partial charge >= 0.3 is 6.18 Å². The van der Waals surface area contributed by atoms with Crippen molar-refractivity contribution in [1.29, 1.82) is 0 Å². The number of anilines is 1. The summed E-state index contributed by atoms with van der Waals surface area (Å²) in [7, 11) is 0. The van der Waals surface area contributed by atoms with E-state index in [1.165, 1.54) is 17.4 Å². The fourth-order valence-electron chi connectivity index (χ4n) is 2.71. The van der Waals surface area contributed by atoms with Gasteiger partial charge in [-0.1, -0.05) is 6.07 Å². The maximum atomic E-state index is 12.8. The summed E-state index contributed by atoms with van der Waals surface area (Å²) >= 11 is 1.48. The molecule has 1 aliphatic rings. The predicted molar refractivity (Wildman–Crippen MR) is 78.0 cm³/mol. The molecule has 0 radical (unpaired) electrons. The Morgan fingerprint density at radius 3 is 2.68 bits per heavy atom. The molecule has 0 saturated heterocycles. The molecule has 2 aromatic rings. The Labute approximate surface area is 129 Å². The Morgan fingerprint density at radius 1 is 1.36 bits per heavy atom. The van der Waals surface area contributed by atoms with Gasteiger partial charge in [0.05, 0.1) is 21.7 Å². The zero-order valence-corrected chi connectivity index (χ0v) is 12.7. The minimum Gasteiger partial charge on any atom is -0.325 e. The number of rotatable bonds is 2. The molecule has 1 atom stereocenters. The van der Waals surface area contributed by atoms with E-state index in [4.69, 9.17) is 0 Å². The van der Waals surface area contributed by atoms with Crippen LogP contribution in [0.5, 0.6) is 0 Å². The quantitative estimate of drug-likeness (QED) is 0.909. The zero-order chi connectivity index (χ0) is 16.1. The first-order chi connectivity index (χ1) is 10.2. The molecule has 1 N–H and O–H groups in total. The lowest BCUT2D eigenvalue weighted by molar-refractivity contribution is -0.137. The average molecular weight is 326 g/mol. The number of hydrogen-bond donors (Lipinski definition) is 1. The van der Waals surface area contributed by atoms with E-state index in [1.54, 1.807) is 6.92 Å². The second kappa shape index (κ2) is 4.81. The second-order valence-electron chi connectivity index (χ2n) is 5.58. The Balaban J connectivity index is 2.00. The molecule has 0 saturated carbocycles. The number of benzene rings is 1. The van der Waals surface area contributed by atoms with Crippen molar-refractivity contribution in [2.75, 3.05) is 5.32 Å². The molecule has 1 amide bonds. The van der Waals surface area contributed by atoms with Crippen molar-refractivity contribution < 1.29 is 18.0 Å². The fourth-order valence-corrected chi connectivity index (χ4v) is 3.33. The number of carbonyl (C=O) groups is 1. The summed E-state index contributed by atoms with van der Waals surface area (Å²) in [5.41, 5.74) is -0.0846. The van der Waals surface area contributed by atoms with Crippen molar-refractivity contribution in [2.24, 2.45) is 0 Å². The Kier molecular flexibility index (Phi) is 3.28. The number of aryl methyl sites for hydroxylation is 1. The lowest BCUT2D eigenvalue weighted by atomic mass is 9.79. The third kappa shape index (κ3) is 2.39. The van der Waals surface area contributed by atoms with E-state index in [1.807, 2.05) is 12.3 Å². The van der Waals surface area contributed by atoms with E-state index in [-0.39, 0.29) is 11.6 Å². The van der Waals surface area contributed by atoms with Crippen LogP contribution in [0.3, 0.4) is 0 Å². The van der Waals surface area contributed by atoms with Crippen LogP contribution in [-0.4, -0.2) is 10.9 Å². The summed E-state index contributed by atoms with van der Waals surface area (Å²) in [5.74, 6) is -0.299. The van der Waals surface area contributed by atoms with Gasteiger partial charge in [-0.3, -0.25) is 4.79 Å². The van der Waals surface area contributed by atoms with Crippen molar-refractivity contribution in [2.45, 2.75) is 31.9 Å². The lowest BCUT2D eigenvalue weighted by Crippen LogP contribution is -2.33. The highest BCUT2D eigenvalue weighted by Crippen LogP contribution is 2.42. The van der Waals surface area contributed by atoms with E-state index in [2.05, 4.69) is 10.3 Å². The molecule has 22 heavy (non-hydrogen) atoms. The van der Waals surface area contributed by atoms with Crippen LogP contribution >= 0.6 is 11.3 Å². The Bertz CT molecular complexity index is 753. The highest BCUT2D eigenvalue weighted by atomic mass is 32.1. The van der Waals surface area contributed by atoms with Crippen molar-refractivity contribution in [3.63, 3.8) is 0 Å². The minimum absolute atomic E-state index is 0.231. The van der Waals surface area contributed by atoms with Crippen molar-refractivity contribution in [3.8, 4) is 0 Å². The van der Waals surface area contributed by atoms with Crippen LogP contribution in [0, 0.1) is 6.92 Å². The number of amides is 1. The number of aromatic nitrogens is 1. The predicted octanol–water partition coefficient (Wildman–Crippen LogP) is 3.92. The summed E-state index contributed by atoms with van der Waals surface area (Å²) in [6.45, 7) is 3.60. The van der Waals surface area contributed by atoms with Crippen LogP contribution in [0.15, 0.2) is 23.6 Å². The number of nitrogens with zero attached hydrogens (tertiary/aromatic N) is 1. The van der Waals surface area contributed by atoms with Gasteiger partial charge in [-0.05, 0) is 31.5 Å². The molecule has 2 heterocycles. The third-order valence-corrected chi connectivity index (χ3v) is 4.71. The van der Waals surface area contributed by atoms with Crippen LogP contribution in [0.1, 0.15) is 28.8 Å². The normalized spacial score (nSPS) is 20.9. The van der Waals surface area contributed by atoms with Gasteiger partial charge in [-0.15, -0.1) is 11.3 Å². The van der Waals surface area contributed by atoms with Crippen LogP contribution in [-0.2, 0) is 22.8 Å². The summed E-state index contributed by atoms with van der Waals surface area (Å²) in [5, 5.41) is 5.33. The number of fused-ring (bicyclic) bond motifs is 1. The molecular weight excluding hydrogens is 313 g/mol. The topological polar surface area (TPSA) is 42.0 Å². The van der Waals surface area contributed by atoms with E-state index in [9.17, 15) is 18.0 Å². The molecule has 1 aromatic heterocycles. The third-order valence-electron chi connectivity index (χ3n) is 3.89. The van der Waals surface area contributed by atoms with Crippen molar-refractivity contribution in [3.05, 3.63) is 45.4 Å². The van der Waals surface area contributed by atoms with E-state index >= 15 is 0 Å². The molecule has 7 heteroatoms. The monoisotopic (exact) mass is 326 g/mol. The molecule has 3 rings (SSSR count). The molecule has 0 bridgehead atoms. The molecule has 3 nitrogen and oxygen atoms in total. The van der Waals surface area contributed by atoms with Gasteiger partial charge in [0.2, 0.25) is 5.91 Å². The van der Waals surface area contributed by atoms with Gasteiger partial charge in [0, 0.05) is 17.5 Å². The summed E-state index contributed by atoms with van der Waals surface area (Å²) in [4.78, 5) is 16.7. The van der Waals surface area contributed by atoms with Gasteiger partial charge in [0.1, 0.15) is 0 Å². The average Bonchev–Trinajstić information content (AvgIpc) is 2.92. The van der Waals surface area contributed by atoms with Crippen molar-refractivity contribution >= 4 is 22.9 Å². The summed E-state index contributed by atoms with van der Waals surface area (Å²) < 4.78 is 38.3. The molecule has 0 aliphatic carbocycles. The van der Waals surface area contributed by atoms with E-state index < -0.39 is 17.2 Å². The molecular formula is C15H13F3N2OS. The van der Waals surface area contributed by atoms with Gasteiger partial charge < -0.3 is 5.32 Å². The largest absolute Gasteiger partial charge is 0.416 e. The number of thiazole rings is 1. The number of carbonyl (C=O) groups excluding carboxylic acids is 1. The van der Waals surface area contributed by atoms with Gasteiger partial charge in [0.15, 0.2) is 0 Å². The fraction of sp³-hybridized carbons (Fsp3) is 0.333. The molecule has 0 spiro atoms. The Hall–Kier alpha value is -1.89. The van der Waals surface area contributed by atoms with Gasteiger partial charge in [-0.25, -0.2) is 4.98 Å². The molecule has 0 fully saturated rings. The van der Waals surface area contributed by atoms with Crippen LogP contribution in [0.2, 0.25) is 0 Å².